The van der Waals surface area contributed by atoms with Gasteiger partial charge in [0.2, 0.25) is 0 Å². The average molecular weight is 224 g/mol. The zero-order valence-corrected chi connectivity index (χ0v) is 9.83. The van der Waals surface area contributed by atoms with Gasteiger partial charge in [0, 0.05) is 5.56 Å². The Labute approximate surface area is 95.1 Å². The van der Waals surface area contributed by atoms with Crippen LogP contribution in [-0.4, -0.2) is 12.2 Å². The topological polar surface area (TPSA) is 29.5 Å². The third-order valence-electron chi connectivity index (χ3n) is 3.50. The van der Waals surface area contributed by atoms with Crippen LogP contribution >= 0.6 is 0 Å². The molecule has 88 valence electrons. The minimum Gasteiger partial charge on any atom is -0.494 e. The number of aliphatic hydroxyl groups excluding tert-OH is 1. The van der Waals surface area contributed by atoms with Crippen molar-refractivity contribution in [2.75, 3.05) is 7.11 Å². The molecule has 0 radical (unpaired) electrons. The summed E-state index contributed by atoms with van der Waals surface area (Å²) in [7, 11) is 1.43. The molecule has 1 N–H and O–H groups in total. The van der Waals surface area contributed by atoms with Crippen LogP contribution in [-0.2, 0) is 0 Å². The summed E-state index contributed by atoms with van der Waals surface area (Å²) >= 11 is 0. The van der Waals surface area contributed by atoms with Gasteiger partial charge in [-0.15, -0.1) is 0 Å². The molecule has 2 atom stereocenters. The molecule has 1 aromatic carbocycles. The third kappa shape index (κ3) is 1.80. The Morgan fingerprint density at radius 2 is 2.12 bits per heavy atom. The first-order chi connectivity index (χ1) is 7.47. The first-order valence-corrected chi connectivity index (χ1v) is 5.48. The van der Waals surface area contributed by atoms with Crippen molar-refractivity contribution < 1.29 is 14.2 Å². The van der Waals surface area contributed by atoms with Crippen molar-refractivity contribution in [3.8, 4) is 5.75 Å². The molecule has 0 saturated heterocycles. The van der Waals surface area contributed by atoms with E-state index in [0.717, 1.165) is 6.42 Å². The molecular formula is C13H17FO2. The van der Waals surface area contributed by atoms with Crippen molar-refractivity contribution in [3.05, 3.63) is 29.6 Å². The number of hydrogen-bond donors (Lipinski definition) is 1. The summed E-state index contributed by atoms with van der Waals surface area (Å²) in [6, 6.07) is 4.89. The van der Waals surface area contributed by atoms with Crippen LogP contribution in [0.3, 0.4) is 0 Å². The zero-order valence-electron chi connectivity index (χ0n) is 9.83. The van der Waals surface area contributed by atoms with E-state index < -0.39 is 11.9 Å². The maximum absolute atomic E-state index is 13.9. The zero-order chi connectivity index (χ0) is 11.9. The molecule has 0 spiro atoms. The molecule has 0 aromatic heterocycles. The first kappa shape index (κ1) is 11.4. The van der Waals surface area contributed by atoms with Gasteiger partial charge in [-0.05, 0) is 23.8 Å². The second-order valence-corrected chi connectivity index (χ2v) is 5.11. The number of ether oxygens (including phenoxy) is 1. The van der Waals surface area contributed by atoms with Gasteiger partial charge in [-0.2, -0.15) is 0 Å². The van der Waals surface area contributed by atoms with E-state index in [9.17, 15) is 9.50 Å². The van der Waals surface area contributed by atoms with Gasteiger partial charge in [-0.1, -0.05) is 26.0 Å². The second-order valence-electron chi connectivity index (χ2n) is 5.11. The lowest BCUT2D eigenvalue weighted by Crippen LogP contribution is -2.07. The molecule has 0 aliphatic heterocycles. The number of aliphatic hydroxyl groups is 1. The van der Waals surface area contributed by atoms with E-state index in [1.54, 1.807) is 18.2 Å². The Hall–Kier alpha value is -1.09. The first-order valence-electron chi connectivity index (χ1n) is 5.48. The molecule has 2 nitrogen and oxygen atoms in total. The third-order valence-corrected chi connectivity index (χ3v) is 3.50. The molecule has 3 heteroatoms. The van der Waals surface area contributed by atoms with Crippen LogP contribution in [0.5, 0.6) is 5.75 Å². The molecular weight excluding hydrogens is 207 g/mol. The van der Waals surface area contributed by atoms with Crippen LogP contribution in [0.15, 0.2) is 18.2 Å². The molecule has 1 aromatic rings. The summed E-state index contributed by atoms with van der Waals surface area (Å²) in [5.41, 5.74) is 0.462. The van der Waals surface area contributed by atoms with Crippen molar-refractivity contribution in [1.82, 2.24) is 0 Å². The predicted octanol–water partition coefficient (Wildman–Crippen LogP) is 2.91. The van der Waals surface area contributed by atoms with Gasteiger partial charge in [0.1, 0.15) is 0 Å². The SMILES string of the molecule is COc1cccc(C(O)C2CC2(C)C)c1F. The van der Waals surface area contributed by atoms with Gasteiger partial charge < -0.3 is 9.84 Å². The highest BCUT2D eigenvalue weighted by atomic mass is 19.1. The van der Waals surface area contributed by atoms with E-state index in [1.807, 2.05) is 0 Å². The Morgan fingerprint density at radius 1 is 1.50 bits per heavy atom. The summed E-state index contributed by atoms with van der Waals surface area (Å²) in [6.07, 6.45) is 0.204. The quantitative estimate of drug-likeness (QED) is 0.855. The van der Waals surface area contributed by atoms with E-state index in [-0.39, 0.29) is 17.1 Å². The van der Waals surface area contributed by atoms with Gasteiger partial charge in [0.15, 0.2) is 11.6 Å². The summed E-state index contributed by atoms with van der Waals surface area (Å²) in [5.74, 6) is -0.107. The minimum absolute atomic E-state index is 0.120. The molecule has 2 rings (SSSR count). The Morgan fingerprint density at radius 3 is 2.62 bits per heavy atom. The van der Waals surface area contributed by atoms with E-state index in [2.05, 4.69) is 13.8 Å². The Bertz CT molecular complexity index is 401. The Balaban J connectivity index is 2.27. The summed E-state index contributed by atoms with van der Waals surface area (Å²) in [4.78, 5) is 0. The molecule has 0 bridgehead atoms. The lowest BCUT2D eigenvalue weighted by atomic mass is 9.99. The number of hydrogen-bond acceptors (Lipinski definition) is 2. The second kappa shape index (κ2) is 3.74. The van der Waals surface area contributed by atoms with Crippen molar-refractivity contribution in [1.29, 1.82) is 0 Å². The standard InChI is InChI=1S/C13H17FO2/c1-13(2)7-9(13)12(15)8-5-4-6-10(16-3)11(8)14/h4-6,9,12,15H,7H2,1-3H3. The van der Waals surface area contributed by atoms with Gasteiger partial charge >= 0.3 is 0 Å². The lowest BCUT2D eigenvalue weighted by molar-refractivity contribution is 0.133. The minimum atomic E-state index is -0.731. The normalized spacial score (nSPS) is 23.9. The average Bonchev–Trinajstić information content (AvgIpc) is 2.87. The molecule has 0 heterocycles. The fourth-order valence-electron chi connectivity index (χ4n) is 2.18. The molecule has 1 fully saturated rings. The van der Waals surface area contributed by atoms with Gasteiger partial charge in [-0.25, -0.2) is 4.39 Å². The predicted molar refractivity (Wildman–Crippen MR) is 59.8 cm³/mol. The monoisotopic (exact) mass is 224 g/mol. The van der Waals surface area contributed by atoms with Crippen molar-refractivity contribution in [2.45, 2.75) is 26.4 Å². The van der Waals surface area contributed by atoms with Crippen LogP contribution in [0, 0.1) is 17.2 Å². The van der Waals surface area contributed by atoms with Crippen LogP contribution in [0.2, 0.25) is 0 Å². The summed E-state index contributed by atoms with van der Waals surface area (Å²) in [5, 5.41) is 10.1. The Kier molecular flexibility index (Phi) is 2.66. The molecule has 1 aliphatic carbocycles. The largest absolute Gasteiger partial charge is 0.494 e. The van der Waals surface area contributed by atoms with Crippen LogP contribution in [0.4, 0.5) is 4.39 Å². The highest BCUT2D eigenvalue weighted by molar-refractivity contribution is 5.33. The van der Waals surface area contributed by atoms with Crippen molar-refractivity contribution in [2.24, 2.45) is 11.3 Å². The molecule has 2 unspecified atom stereocenters. The summed E-state index contributed by atoms with van der Waals surface area (Å²) < 4.78 is 18.8. The smallest absolute Gasteiger partial charge is 0.170 e. The molecule has 0 amide bonds. The van der Waals surface area contributed by atoms with Gasteiger partial charge in [0.05, 0.1) is 13.2 Å². The van der Waals surface area contributed by atoms with E-state index in [1.165, 1.54) is 7.11 Å². The highest BCUT2D eigenvalue weighted by Crippen LogP contribution is 2.58. The van der Waals surface area contributed by atoms with Crippen LogP contribution < -0.4 is 4.74 Å². The van der Waals surface area contributed by atoms with Crippen LogP contribution in [0.1, 0.15) is 31.9 Å². The van der Waals surface area contributed by atoms with Crippen LogP contribution in [0.25, 0.3) is 0 Å². The summed E-state index contributed by atoms with van der Waals surface area (Å²) in [6.45, 7) is 4.16. The van der Waals surface area contributed by atoms with Gasteiger partial charge in [-0.3, -0.25) is 0 Å². The highest BCUT2D eigenvalue weighted by Gasteiger charge is 2.50. The molecule has 1 aliphatic rings. The van der Waals surface area contributed by atoms with Crippen molar-refractivity contribution >= 4 is 0 Å². The van der Waals surface area contributed by atoms with E-state index in [0.29, 0.717) is 5.56 Å². The van der Waals surface area contributed by atoms with E-state index >= 15 is 0 Å². The number of rotatable bonds is 3. The lowest BCUT2D eigenvalue weighted by Gasteiger charge is -2.15. The number of benzene rings is 1. The number of methoxy groups -OCH3 is 1. The maximum atomic E-state index is 13.9. The molecule has 1 saturated carbocycles. The van der Waals surface area contributed by atoms with Crippen molar-refractivity contribution in [3.63, 3.8) is 0 Å². The number of halogens is 1. The van der Waals surface area contributed by atoms with Gasteiger partial charge in [0.25, 0.3) is 0 Å². The van der Waals surface area contributed by atoms with E-state index in [4.69, 9.17) is 4.74 Å². The fourth-order valence-corrected chi connectivity index (χ4v) is 2.18. The fraction of sp³-hybridized carbons (Fsp3) is 0.538. The maximum Gasteiger partial charge on any atom is 0.170 e. The molecule has 16 heavy (non-hydrogen) atoms.